The minimum atomic E-state index is -0.268. The predicted octanol–water partition coefficient (Wildman–Crippen LogP) is 3.24. The highest BCUT2D eigenvalue weighted by Gasteiger charge is 2.18. The molecule has 28 heavy (non-hydrogen) atoms. The van der Waals surface area contributed by atoms with Gasteiger partial charge in [-0.25, -0.2) is 0 Å². The van der Waals surface area contributed by atoms with E-state index >= 15 is 0 Å². The standard InChI is InChI=1S/C22H30N2O4/c1-6-28-20-12-9-18(13-21(20)27-5)15-24(3)16(2)22(25)23-14-17-7-10-19(26-4)11-8-17/h7-13,16H,6,14-15H2,1-5H3,(H,23,25)/t16-/m0/s1. The van der Waals surface area contributed by atoms with E-state index in [4.69, 9.17) is 14.2 Å². The fourth-order valence-electron chi connectivity index (χ4n) is 2.79. The fraction of sp³-hybridized carbons (Fsp3) is 0.409. The highest BCUT2D eigenvalue weighted by atomic mass is 16.5. The van der Waals surface area contributed by atoms with Gasteiger partial charge in [-0.1, -0.05) is 18.2 Å². The SMILES string of the molecule is CCOc1ccc(CN(C)[C@@H](C)C(=O)NCc2ccc(OC)cc2)cc1OC. The Labute approximate surface area is 167 Å². The summed E-state index contributed by atoms with van der Waals surface area (Å²) in [5.41, 5.74) is 2.08. The van der Waals surface area contributed by atoms with Gasteiger partial charge >= 0.3 is 0 Å². The maximum absolute atomic E-state index is 12.5. The number of amides is 1. The lowest BCUT2D eigenvalue weighted by atomic mass is 10.1. The normalized spacial score (nSPS) is 11.8. The van der Waals surface area contributed by atoms with Gasteiger partial charge in [0.05, 0.1) is 26.9 Å². The number of likely N-dealkylation sites (N-methyl/N-ethyl adjacent to an activating group) is 1. The smallest absolute Gasteiger partial charge is 0.237 e. The molecule has 1 N–H and O–H groups in total. The number of rotatable bonds is 10. The first kappa shape index (κ1) is 21.6. The van der Waals surface area contributed by atoms with Crippen molar-refractivity contribution in [3.63, 3.8) is 0 Å². The van der Waals surface area contributed by atoms with Crippen LogP contribution in [0, 0.1) is 0 Å². The van der Waals surface area contributed by atoms with E-state index in [0.29, 0.717) is 25.4 Å². The van der Waals surface area contributed by atoms with Crippen molar-refractivity contribution in [3.05, 3.63) is 53.6 Å². The van der Waals surface area contributed by atoms with Crippen LogP contribution in [0.5, 0.6) is 17.2 Å². The molecule has 0 bridgehead atoms. The summed E-state index contributed by atoms with van der Waals surface area (Å²) in [6, 6.07) is 13.2. The highest BCUT2D eigenvalue weighted by Crippen LogP contribution is 2.28. The van der Waals surface area contributed by atoms with E-state index < -0.39 is 0 Å². The first-order chi connectivity index (χ1) is 13.5. The van der Waals surface area contributed by atoms with Crippen LogP contribution >= 0.6 is 0 Å². The summed E-state index contributed by atoms with van der Waals surface area (Å²) in [6.07, 6.45) is 0. The van der Waals surface area contributed by atoms with E-state index in [1.165, 1.54) is 0 Å². The lowest BCUT2D eigenvalue weighted by molar-refractivity contribution is -0.125. The van der Waals surface area contributed by atoms with Gasteiger partial charge in [0.2, 0.25) is 5.91 Å². The molecule has 0 heterocycles. The number of ether oxygens (including phenoxy) is 3. The number of methoxy groups -OCH3 is 2. The second kappa shape index (κ2) is 10.6. The lowest BCUT2D eigenvalue weighted by Gasteiger charge is -2.24. The summed E-state index contributed by atoms with van der Waals surface area (Å²) in [6.45, 7) is 5.53. The van der Waals surface area contributed by atoms with Crippen molar-refractivity contribution < 1.29 is 19.0 Å². The zero-order valence-electron chi connectivity index (χ0n) is 17.3. The molecular formula is C22H30N2O4. The van der Waals surface area contributed by atoms with Crippen LogP contribution in [0.25, 0.3) is 0 Å². The minimum Gasteiger partial charge on any atom is -0.497 e. The number of carbonyl (C=O) groups is 1. The molecule has 2 aromatic rings. The second-order valence-corrected chi connectivity index (χ2v) is 6.58. The molecule has 0 aliphatic carbocycles. The molecule has 0 saturated carbocycles. The average molecular weight is 386 g/mol. The molecule has 0 unspecified atom stereocenters. The topological polar surface area (TPSA) is 60.0 Å². The van der Waals surface area contributed by atoms with Crippen molar-refractivity contribution in [2.45, 2.75) is 33.0 Å². The maximum Gasteiger partial charge on any atom is 0.237 e. The molecule has 6 heteroatoms. The first-order valence-electron chi connectivity index (χ1n) is 9.39. The zero-order chi connectivity index (χ0) is 20.5. The van der Waals surface area contributed by atoms with Gasteiger partial charge in [0.1, 0.15) is 5.75 Å². The van der Waals surface area contributed by atoms with Crippen molar-refractivity contribution in [2.75, 3.05) is 27.9 Å². The number of hydrogen-bond acceptors (Lipinski definition) is 5. The summed E-state index contributed by atoms with van der Waals surface area (Å²) in [5.74, 6) is 2.20. The molecular weight excluding hydrogens is 356 g/mol. The van der Waals surface area contributed by atoms with Crippen LogP contribution in [0.1, 0.15) is 25.0 Å². The molecule has 0 radical (unpaired) electrons. The molecule has 152 valence electrons. The molecule has 0 spiro atoms. The molecule has 0 fully saturated rings. The molecule has 0 aromatic heterocycles. The summed E-state index contributed by atoms with van der Waals surface area (Å²) >= 11 is 0. The summed E-state index contributed by atoms with van der Waals surface area (Å²) in [5, 5.41) is 2.99. The molecule has 1 amide bonds. The van der Waals surface area contributed by atoms with Crippen LogP contribution in [-0.4, -0.2) is 44.7 Å². The monoisotopic (exact) mass is 386 g/mol. The fourth-order valence-corrected chi connectivity index (χ4v) is 2.79. The van der Waals surface area contributed by atoms with Crippen molar-refractivity contribution in [3.8, 4) is 17.2 Å². The van der Waals surface area contributed by atoms with Gasteiger partial charge in [0.15, 0.2) is 11.5 Å². The zero-order valence-corrected chi connectivity index (χ0v) is 17.3. The Kier molecular flexibility index (Phi) is 8.14. The molecule has 0 saturated heterocycles. The Bertz CT molecular complexity index is 762. The van der Waals surface area contributed by atoms with E-state index in [9.17, 15) is 4.79 Å². The van der Waals surface area contributed by atoms with Crippen LogP contribution in [0.3, 0.4) is 0 Å². The molecule has 0 aliphatic heterocycles. The summed E-state index contributed by atoms with van der Waals surface area (Å²) in [4.78, 5) is 14.5. The van der Waals surface area contributed by atoms with E-state index in [1.807, 2.05) is 68.3 Å². The van der Waals surface area contributed by atoms with Crippen LogP contribution in [0.15, 0.2) is 42.5 Å². The van der Waals surface area contributed by atoms with Crippen molar-refractivity contribution in [1.29, 1.82) is 0 Å². The van der Waals surface area contributed by atoms with Crippen LogP contribution in [0.2, 0.25) is 0 Å². The summed E-state index contributed by atoms with van der Waals surface area (Å²) < 4.78 is 16.1. The Morgan fingerprint density at radius 2 is 1.71 bits per heavy atom. The Balaban J connectivity index is 1.91. The van der Waals surface area contributed by atoms with Crippen molar-refractivity contribution in [1.82, 2.24) is 10.2 Å². The number of benzene rings is 2. The third kappa shape index (κ3) is 5.89. The number of nitrogens with one attached hydrogen (secondary N) is 1. The van der Waals surface area contributed by atoms with Gasteiger partial charge in [0.25, 0.3) is 0 Å². The second-order valence-electron chi connectivity index (χ2n) is 6.58. The molecule has 6 nitrogen and oxygen atoms in total. The number of nitrogens with zero attached hydrogens (tertiary/aromatic N) is 1. The van der Waals surface area contributed by atoms with E-state index in [0.717, 1.165) is 22.6 Å². The average Bonchev–Trinajstić information content (AvgIpc) is 2.72. The summed E-state index contributed by atoms with van der Waals surface area (Å²) in [7, 11) is 5.19. The minimum absolute atomic E-state index is 0.0174. The number of hydrogen-bond donors (Lipinski definition) is 1. The Morgan fingerprint density at radius 3 is 2.32 bits per heavy atom. The van der Waals surface area contributed by atoms with Gasteiger partial charge in [-0.15, -0.1) is 0 Å². The van der Waals surface area contributed by atoms with E-state index in [1.54, 1.807) is 14.2 Å². The third-order valence-electron chi connectivity index (χ3n) is 4.63. The van der Waals surface area contributed by atoms with E-state index in [-0.39, 0.29) is 11.9 Å². The molecule has 1 atom stereocenters. The van der Waals surface area contributed by atoms with Gasteiger partial charge in [-0.2, -0.15) is 0 Å². The van der Waals surface area contributed by atoms with Crippen LogP contribution in [0.4, 0.5) is 0 Å². The maximum atomic E-state index is 12.5. The van der Waals surface area contributed by atoms with Crippen LogP contribution in [-0.2, 0) is 17.9 Å². The molecule has 0 aliphatic rings. The lowest BCUT2D eigenvalue weighted by Crippen LogP contribution is -2.42. The molecule has 2 aromatic carbocycles. The third-order valence-corrected chi connectivity index (χ3v) is 4.63. The van der Waals surface area contributed by atoms with Gasteiger partial charge in [-0.3, -0.25) is 9.69 Å². The van der Waals surface area contributed by atoms with E-state index in [2.05, 4.69) is 5.32 Å². The Morgan fingerprint density at radius 1 is 1.04 bits per heavy atom. The highest BCUT2D eigenvalue weighted by molar-refractivity contribution is 5.81. The quantitative estimate of drug-likeness (QED) is 0.679. The Hall–Kier alpha value is -2.73. The number of carbonyl (C=O) groups excluding carboxylic acids is 1. The molecule has 2 rings (SSSR count). The van der Waals surface area contributed by atoms with Gasteiger partial charge in [-0.05, 0) is 56.3 Å². The predicted molar refractivity (Wildman–Crippen MR) is 110 cm³/mol. The van der Waals surface area contributed by atoms with Crippen molar-refractivity contribution in [2.24, 2.45) is 0 Å². The van der Waals surface area contributed by atoms with Gasteiger partial charge in [0, 0.05) is 13.1 Å². The largest absolute Gasteiger partial charge is 0.497 e. The first-order valence-corrected chi connectivity index (χ1v) is 9.39. The van der Waals surface area contributed by atoms with Gasteiger partial charge < -0.3 is 19.5 Å². The van der Waals surface area contributed by atoms with Crippen LogP contribution < -0.4 is 19.5 Å². The van der Waals surface area contributed by atoms with Crippen molar-refractivity contribution >= 4 is 5.91 Å².